The fourth-order valence-electron chi connectivity index (χ4n) is 1.89. The van der Waals surface area contributed by atoms with Gasteiger partial charge in [0.25, 0.3) is 5.91 Å². The molecule has 102 valence electrons. The molecule has 6 heteroatoms. The molecule has 1 atom stereocenters. The summed E-state index contributed by atoms with van der Waals surface area (Å²) in [5, 5.41) is 3.28. The Labute approximate surface area is 107 Å². The highest BCUT2D eigenvalue weighted by Gasteiger charge is 2.30. The van der Waals surface area contributed by atoms with Crippen molar-refractivity contribution >= 4 is 16.8 Å². The van der Waals surface area contributed by atoms with E-state index >= 15 is 0 Å². The second-order valence-corrected chi connectivity index (χ2v) is 4.47. The van der Waals surface area contributed by atoms with Gasteiger partial charge >= 0.3 is 6.18 Å². The van der Waals surface area contributed by atoms with Gasteiger partial charge in [0, 0.05) is 23.3 Å². The number of nitrogens with one attached hydrogen (secondary N) is 2. The molecule has 1 aromatic heterocycles. The summed E-state index contributed by atoms with van der Waals surface area (Å²) in [7, 11) is 0. The second kappa shape index (κ2) is 4.95. The first-order valence-corrected chi connectivity index (χ1v) is 5.80. The highest BCUT2D eigenvalue weighted by molar-refractivity contribution is 5.98. The summed E-state index contributed by atoms with van der Waals surface area (Å²) in [6.07, 6.45) is -3.59. The summed E-state index contributed by atoms with van der Waals surface area (Å²) in [6, 6.07) is 5.85. The van der Waals surface area contributed by atoms with E-state index in [1.165, 1.54) is 6.92 Å². The van der Waals surface area contributed by atoms with Crippen LogP contribution in [0.2, 0.25) is 0 Å². The van der Waals surface area contributed by atoms with Crippen LogP contribution >= 0.6 is 0 Å². The average Bonchev–Trinajstić information content (AvgIpc) is 2.72. The molecule has 2 N–H and O–H groups in total. The van der Waals surface area contributed by atoms with Crippen molar-refractivity contribution in [2.24, 2.45) is 0 Å². The number of aromatic nitrogens is 1. The van der Waals surface area contributed by atoms with Crippen LogP contribution in [0, 0.1) is 0 Å². The molecule has 0 aliphatic rings. The van der Waals surface area contributed by atoms with Crippen LogP contribution in [0.3, 0.4) is 0 Å². The number of benzene rings is 1. The van der Waals surface area contributed by atoms with Crippen molar-refractivity contribution in [3.05, 3.63) is 36.0 Å². The number of carbonyl (C=O) groups excluding carboxylic acids is 1. The lowest BCUT2D eigenvalue weighted by molar-refractivity contribution is -0.138. The van der Waals surface area contributed by atoms with Gasteiger partial charge in [0.2, 0.25) is 0 Å². The smallest absolute Gasteiger partial charge is 0.361 e. The summed E-state index contributed by atoms with van der Waals surface area (Å²) in [5.41, 5.74) is 1.11. The predicted octanol–water partition coefficient (Wildman–Crippen LogP) is 3.24. The zero-order valence-electron chi connectivity index (χ0n) is 10.2. The van der Waals surface area contributed by atoms with E-state index in [1.54, 1.807) is 24.4 Å². The standard InChI is InChI=1S/C13H13F3N2O/c1-8(7-13(14,15)16)18-12(19)10-3-2-9-4-5-17-11(9)6-10/h2-6,8,17H,7H2,1H3,(H,18,19). The van der Waals surface area contributed by atoms with Crippen LogP contribution in [0.5, 0.6) is 0 Å². The number of fused-ring (bicyclic) bond motifs is 1. The molecule has 2 rings (SSSR count). The van der Waals surface area contributed by atoms with E-state index in [1.807, 2.05) is 6.07 Å². The van der Waals surface area contributed by atoms with Crippen LogP contribution in [0.15, 0.2) is 30.5 Å². The van der Waals surface area contributed by atoms with Gasteiger partial charge in [-0.15, -0.1) is 0 Å². The molecule has 0 aliphatic carbocycles. The molecule has 1 amide bonds. The van der Waals surface area contributed by atoms with Crippen molar-refractivity contribution < 1.29 is 18.0 Å². The van der Waals surface area contributed by atoms with Gasteiger partial charge in [-0.25, -0.2) is 0 Å². The van der Waals surface area contributed by atoms with Gasteiger partial charge in [0.15, 0.2) is 0 Å². The van der Waals surface area contributed by atoms with E-state index in [-0.39, 0.29) is 0 Å². The zero-order valence-corrected chi connectivity index (χ0v) is 10.2. The molecule has 3 nitrogen and oxygen atoms in total. The van der Waals surface area contributed by atoms with Gasteiger partial charge in [-0.1, -0.05) is 6.07 Å². The van der Waals surface area contributed by atoms with Gasteiger partial charge < -0.3 is 10.3 Å². The third-order valence-corrected chi connectivity index (χ3v) is 2.73. The maximum Gasteiger partial charge on any atom is 0.391 e. The molecular formula is C13H13F3N2O. The maximum atomic E-state index is 12.2. The molecule has 0 fully saturated rings. The first kappa shape index (κ1) is 13.5. The lowest BCUT2D eigenvalue weighted by atomic mass is 10.1. The van der Waals surface area contributed by atoms with Gasteiger partial charge in [-0.2, -0.15) is 13.2 Å². The van der Waals surface area contributed by atoms with E-state index in [9.17, 15) is 18.0 Å². The zero-order chi connectivity index (χ0) is 14.0. The van der Waals surface area contributed by atoms with E-state index in [0.717, 1.165) is 10.9 Å². The first-order chi connectivity index (χ1) is 8.85. The average molecular weight is 270 g/mol. The largest absolute Gasteiger partial charge is 0.391 e. The number of alkyl halides is 3. The topological polar surface area (TPSA) is 44.9 Å². The normalized spacial score (nSPS) is 13.5. The molecule has 0 radical (unpaired) electrons. The van der Waals surface area contributed by atoms with Crippen LogP contribution in [0.1, 0.15) is 23.7 Å². The molecule has 0 saturated carbocycles. The van der Waals surface area contributed by atoms with Crippen molar-refractivity contribution in [1.29, 1.82) is 0 Å². The van der Waals surface area contributed by atoms with Gasteiger partial charge in [-0.05, 0) is 30.5 Å². The minimum Gasteiger partial charge on any atom is -0.361 e. The molecule has 2 aromatic rings. The fourth-order valence-corrected chi connectivity index (χ4v) is 1.89. The SMILES string of the molecule is CC(CC(F)(F)F)NC(=O)c1ccc2cc[nH]c2c1. The predicted molar refractivity (Wildman–Crippen MR) is 65.9 cm³/mol. The summed E-state index contributed by atoms with van der Waals surface area (Å²) < 4.78 is 36.5. The molecule has 1 aromatic carbocycles. The highest BCUT2D eigenvalue weighted by atomic mass is 19.4. The summed E-state index contributed by atoms with van der Waals surface area (Å²) in [6.45, 7) is 1.33. The quantitative estimate of drug-likeness (QED) is 0.883. The first-order valence-electron chi connectivity index (χ1n) is 5.80. The lowest BCUT2D eigenvalue weighted by Crippen LogP contribution is -2.35. The number of halogens is 3. The van der Waals surface area contributed by atoms with Gasteiger partial charge in [0.05, 0.1) is 6.42 Å². The number of hydrogen-bond acceptors (Lipinski definition) is 1. The second-order valence-electron chi connectivity index (χ2n) is 4.47. The van der Waals surface area contributed by atoms with Crippen LogP contribution in [0.4, 0.5) is 13.2 Å². The molecule has 0 spiro atoms. The molecule has 1 heterocycles. The Morgan fingerprint density at radius 2 is 2.11 bits per heavy atom. The number of carbonyl (C=O) groups is 1. The monoisotopic (exact) mass is 270 g/mol. The van der Waals surface area contributed by atoms with Crippen LogP contribution in [-0.4, -0.2) is 23.1 Å². The van der Waals surface area contributed by atoms with Crippen molar-refractivity contribution in [3.63, 3.8) is 0 Å². The number of rotatable bonds is 3. The van der Waals surface area contributed by atoms with Gasteiger partial charge in [0.1, 0.15) is 0 Å². The third-order valence-electron chi connectivity index (χ3n) is 2.73. The highest BCUT2D eigenvalue weighted by Crippen LogP contribution is 2.21. The van der Waals surface area contributed by atoms with Crippen molar-refractivity contribution in [2.75, 3.05) is 0 Å². The molecule has 19 heavy (non-hydrogen) atoms. The molecule has 0 saturated heterocycles. The molecule has 0 aliphatic heterocycles. The fraction of sp³-hybridized carbons (Fsp3) is 0.308. The Hall–Kier alpha value is -1.98. The van der Waals surface area contributed by atoms with E-state index in [4.69, 9.17) is 0 Å². The number of H-pyrrole nitrogens is 1. The Morgan fingerprint density at radius 3 is 2.79 bits per heavy atom. The molecular weight excluding hydrogens is 257 g/mol. The molecule has 0 bridgehead atoms. The van der Waals surface area contributed by atoms with Crippen molar-refractivity contribution in [1.82, 2.24) is 10.3 Å². The minimum atomic E-state index is -4.28. The number of aromatic amines is 1. The number of hydrogen-bond donors (Lipinski definition) is 2. The van der Waals surface area contributed by atoms with Crippen LogP contribution < -0.4 is 5.32 Å². The van der Waals surface area contributed by atoms with Crippen LogP contribution in [0.25, 0.3) is 10.9 Å². The van der Waals surface area contributed by atoms with Crippen molar-refractivity contribution in [2.45, 2.75) is 25.6 Å². The maximum absolute atomic E-state index is 12.2. The summed E-state index contributed by atoms with van der Waals surface area (Å²) >= 11 is 0. The van der Waals surface area contributed by atoms with E-state index in [2.05, 4.69) is 10.3 Å². The van der Waals surface area contributed by atoms with Crippen LogP contribution in [-0.2, 0) is 0 Å². The lowest BCUT2D eigenvalue weighted by Gasteiger charge is -2.15. The molecule has 1 unspecified atom stereocenters. The Bertz CT molecular complexity index is 589. The van der Waals surface area contributed by atoms with E-state index in [0.29, 0.717) is 5.56 Å². The van der Waals surface area contributed by atoms with Gasteiger partial charge in [-0.3, -0.25) is 4.79 Å². The van der Waals surface area contributed by atoms with Crippen molar-refractivity contribution in [3.8, 4) is 0 Å². The summed E-state index contributed by atoms with van der Waals surface area (Å²) in [5.74, 6) is -0.506. The Kier molecular flexibility index (Phi) is 3.50. The summed E-state index contributed by atoms with van der Waals surface area (Å²) in [4.78, 5) is 14.8. The Balaban J connectivity index is 2.07. The minimum absolute atomic E-state index is 0.337. The number of amides is 1. The van der Waals surface area contributed by atoms with E-state index < -0.39 is 24.5 Å². The Morgan fingerprint density at radius 1 is 1.37 bits per heavy atom. The third kappa shape index (κ3) is 3.49.